The van der Waals surface area contributed by atoms with Crippen LogP contribution in [0.15, 0.2) is 78.4 Å². The van der Waals surface area contributed by atoms with Crippen molar-refractivity contribution in [3.05, 3.63) is 111 Å². The van der Waals surface area contributed by atoms with E-state index >= 15 is 0 Å². The van der Waals surface area contributed by atoms with Gasteiger partial charge in [0.15, 0.2) is 5.41 Å². The van der Waals surface area contributed by atoms with Crippen molar-refractivity contribution in [2.24, 2.45) is 11.8 Å². The summed E-state index contributed by atoms with van der Waals surface area (Å²) >= 11 is 6.45. The molecule has 4 nitrogen and oxygen atoms in total. The van der Waals surface area contributed by atoms with Crippen LogP contribution in [0.4, 0.5) is 0 Å². The fourth-order valence-corrected chi connectivity index (χ4v) is 7.59. The fourth-order valence-electron chi connectivity index (χ4n) is 7.42. The SMILES string of the molecule is COC(=O)[C@@H]1C2=Cc3ccc(Cl)cc3C(C#N)(C#N)C23c2ccccc2CC[C@@H]3[C@H]1c1ccccc1. The third-order valence-electron chi connectivity index (χ3n) is 8.60. The number of methoxy groups -OCH3 is 1. The Bertz CT molecular complexity index is 1500. The molecular weight excluding hydrogens is 468 g/mol. The van der Waals surface area contributed by atoms with Gasteiger partial charge in [-0.25, -0.2) is 0 Å². The van der Waals surface area contributed by atoms with Gasteiger partial charge >= 0.3 is 5.97 Å². The highest BCUT2D eigenvalue weighted by molar-refractivity contribution is 6.30. The third kappa shape index (κ3) is 2.66. The number of benzene rings is 3. The number of carbonyl (C=O) groups excluding carboxylic acids is 1. The number of ether oxygens (including phenoxy) is 1. The number of hydrogen-bond acceptors (Lipinski definition) is 4. The summed E-state index contributed by atoms with van der Waals surface area (Å²) in [4.78, 5) is 13.6. The Morgan fingerprint density at radius 1 is 1.00 bits per heavy atom. The van der Waals surface area contributed by atoms with Gasteiger partial charge in [-0.15, -0.1) is 0 Å². The topological polar surface area (TPSA) is 73.9 Å². The van der Waals surface area contributed by atoms with Crippen LogP contribution < -0.4 is 0 Å². The molecule has 0 aliphatic heterocycles. The van der Waals surface area contributed by atoms with Crippen molar-refractivity contribution in [2.45, 2.75) is 29.6 Å². The number of nitriles is 2. The summed E-state index contributed by atoms with van der Waals surface area (Å²) < 4.78 is 5.40. The molecule has 0 heterocycles. The van der Waals surface area contributed by atoms with Crippen LogP contribution in [0.5, 0.6) is 0 Å². The standard InChI is InChI=1S/C31H23ClN2O2/c1-36-29(35)28-26-15-21-11-13-22(32)16-25(21)30(17-33,18-34)31(26)23-10-6-5-7-19(23)12-14-24(31)27(28)20-8-3-2-4-9-20/h2-11,13,15-16,24,27-28H,12,14H2,1H3/t24-,27-,28-,31?/m1/s1. The predicted molar refractivity (Wildman–Crippen MR) is 137 cm³/mol. The number of nitrogens with zero attached hydrogens (tertiary/aromatic N) is 2. The van der Waals surface area contributed by atoms with Gasteiger partial charge in [0.1, 0.15) is 0 Å². The van der Waals surface area contributed by atoms with Crippen molar-refractivity contribution >= 4 is 23.6 Å². The first kappa shape index (κ1) is 22.6. The highest BCUT2D eigenvalue weighted by Gasteiger charge is 2.72. The molecule has 3 aliphatic rings. The average molecular weight is 491 g/mol. The van der Waals surface area contributed by atoms with Crippen LogP contribution in [0, 0.1) is 34.5 Å². The number of rotatable bonds is 2. The van der Waals surface area contributed by atoms with Crippen LogP contribution in [0.2, 0.25) is 5.02 Å². The van der Waals surface area contributed by atoms with Gasteiger partial charge in [0.05, 0.1) is 30.6 Å². The van der Waals surface area contributed by atoms with Gasteiger partial charge in [-0.3, -0.25) is 4.79 Å². The summed E-state index contributed by atoms with van der Waals surface area (Å²) in [6, 6.07) is 28.4. The van der Waals surface area contributed by atoms with Crippen LogP contribution >= 0.6 is 11.6 Å². The second-order valence-corrected chi connectivity index (χ2v) is 10.3. The quantitative estimate of drug-likeness (QED) is 0.406. The first-order valence-electron chi connectivity index (χ1n) is 12.1. The maximum atomic E-state index is 13.6. The van der Waals surface area contributed by atoms with Crippen LogP contribution in [-0.4, -0.2) is 13.1 Å². The third-order valence-corrected chi connectivity index (χ3v) is 8.84. The molecule has 36 heavy (non-hydrogen) atoms. The number of hydrogen-bond donors (Lipinski definition) is 0. The molecule has 1 saturated carbocycles. The van der Waals surface area contributed by atoms with Crippen molar-refractivity contribution in [1.29, 1.82) is 10.5 Å². The Morgan fingerprint density at radius 2 is 1.72 bits per heavy atom. The van der Waals surface area contributed by atoms with Gasteiger partial charge in [-0.1, -0.05) is 78.3 Å². The maximum absolute atomic E-state index is 13.6. The summed E-state index contributed by atoms with van der Waals surface area (Å²) in [5, 5.41) is 22.4. The second kappa shape index (κ2) is 8.09. The molecule has 0 saturated heterocycles. The monoisotopic (exact) mass is 490 g/mol. The first-order chi connectivity index (χ1) is 17.5. The van der Waals surface area contributed by atoms with Gasteiger partial charge in [-0.05, 0) is 64.3 Å². The minimum absolute atomic E-state index is 0.170. The smallest absolute Gasteiger partial charge is 0.313 e. The molecule has 3 aromatic rings. The summed E-state index contributed by atoms with van der Waals surface area (Å²) in [6.45, 7) is 0. The minimum Gasteiger partial charge on any atom is -0.469 e. The Hall–Kier alpha value is -3.86. The van der Waals surface area contributed by atoms with E-state index in [0.29, 0.717) is 10.6 Å². The fraction of sp³-hybridized carbons (Fsp3) is 0.258. The number of esters is 1. The number of aryl methyl sites for hydroxylation is 1. The van der Waals surface area contributed by atoms with Crippen molar-refractivity contribution in [3.63, 3.8) is 0 Å². The molecular formula is C31H23ClN2O2. The Balaban J connectivity index is 1.80. The molecule has 4 atom stereocenters. The van der Waals surface area contributed by atoms with Crippen LogP contribution in [0.25, 0.3) is 6.08 Å². The van der Waals surface area contributed by atoms with E-state index in [0.717, 1.165) is 40.7 Å². The summed E-state index contributed by atoms with van der Waals surface area (Å²) in [6.07, 6.45) is 3.57. The molecule has 0 amide bonds. The number of carbonyl (C=O) groups is 1. The molecule has 1 fully saturated rings. The van der Waals surface area contributed by atoms with Gasteiger partial charge in [-0.2, -0.15) is 10.5 Å². The van der Waals surface area contributed by atoms with Crippen LogP contribution in [0.3, 0.4) is 0 Å². The second-order valence-electron chi connectivity index (χ2n) is 9.85. The lowest BCUT2D eigenvalue weighted by atomic mass is 9.46. The minimum atomic E-state index is -1.58. The maximum Gasteiger partial charge on any atom is 0.313 e. The summed E-state index contributed by atoms with van der Waals surface area (Å²) in [7, 11) is 1.41. The molecule has 0 bridgehead atoms. The molecule has 1 unspecified atom stereocenters. The van der Waals surface area contributed by atoms with Crippen molar-refractivity contribution in [1.82, 2.24) is 0 Å². The lowest BCUT2D eigenvalue weighted by molar-refractivity contribution is -0.144. The molecule has 3 aromatic carbocycles. The van der Waals surface area contributed by atoms with Crippen molar-refractivity contribution in [2.75, 3.05) is 7.11 Å². The number of halogens is 1. The van der Waals surface area contributed by atoms with Gasteiger partial charge in [0, 0.05) is 10.9 Å². The summed E-state index contributed by atoms with van der Waals surface area (Å²) in [5.74, 6) is -1.39. The lowest BCUT2D eigenvalue weighted by Crippen LogP contribution is -2.55. The molecule has 176 valence electrons. The number of fused-ring (bicyclic) bond motifs is 2. The Morgan fingerprint density at radius 3 is 2.44 bits per heavy atom. The highest BCUT2D eigenvalue weighted by Crippen LogP contribution is 2.71. The highest BCUT2D eigenvalue weighted by atomic mass is 35.5. The zero-order valence-corrected chi connectivity index (χ0v) is 20.5. The molecule has 3 aliphatic carbocycles. The Labute approximate surface area is 215 Å². The summed E-state index contributed by atoms with van der Waals surface area (Å²) in [5.41, 5.74) is 2.61. The van der Waals surface area contributed by atoms with Crippen molar-refractivity contribution in [3.8, 4) is 12.1 Å². The largest absolute Gasteiger partial charge is 0.469 e. The lowest BCUT2D eigenvalue weighted by Gasteiger charge is -2.52. The van der Waals surface area contributed by atoms with Crippen molar-refractivity contribution < 1.29 is 9.53 Å². The molecule has 1 spiro atoms. The van der Waals surface area contributed by atoms with E-state index in [-0.39, 0.29) is 17.8 Å². The normalized spacial score (nSPS) is 26.7. The molecule has 0 aromatic heterocycles. The van der Waals surface area contributed by atoms with E-state index < -0.39 is 16.7 Å². The van der Waals surface area contributed by atoms with Gasteiger partial charge in [0.25, 0.3) is 0 Å². The van der Waals surface area contributed by atoms with E-state index in [1.54, 1.807) is 12.1 Å². The zero-order chi connectivity index (χ0) is 25.1. The van der Waals surface area contributed by atoms with E-state index in [9.17, 15) is 15.3 Å². The van der Waals surface area contributed by atoms with E-state index in [1.807, 2.05) is 60.7 Å². The van der Waals surface area contributed by atoms with Crippen LogP contribution in [-0.2, 0) is 26.8 Å². The van der Waals surface area contributed by atoms with E-state index in [4.69, 9.17) is 16.3 Å². The van der Waals surface area contributed by atoms with E-state index in [1.165, 1.54) is 7.11 Å². The first-order valence-corrected chi connectivity index (χ1v) is 12.5. The van der Waals surface area contributed by atoms with E-state index in [2.05, 4.69) is 18.2 Å². The molecule has 0 radical (unpaired) electrons. The van der Waals surface area contributed by atoms with Gasteiger partial charge < -0.3 is 4.74 Å². The van der Waals surface area contributed by atoms with Gasteiger partial charge in [0.2, 0.25) is 0 Å². The zero-order valence-electron chi connectivity index (χ0n) is 19.7. The average Bonchev–Trinajstić information content (AvgIpc) is 3.23. The molecule has 6 rings (SSSR count). The Kier molecular flexibility index (Phi) is 5.08. The molecule has 5 heteroatoms. The molecule has 0 N–H and O–H groups in total. The van der Waals surface area contributed by atoms with Crippen LogP contribution in [0.1, 0.15) is 40.2 Å². The predicted octanol–water partition coefficient (Wildman–Crippen LogP) is 6.11.